The van der Waals surface area contributed by atoms with Crippen LogP contribution in [0.15, 0.2) is 18.3 Å². The van der Waals surface area contributed by atoms with Crippen LogP contribution in [0.5, 0.6) is 5.88 Å². The van der Waals surface area contributed by atoms with Gasteiger partial charge >= 0.3 is 0 Å². The van der Waals surface area contributed by atoms with Crippen LogP contribution < -0.4 is 4.74 Å². The second-order valence-electron chi connectivity index (χ2n) is 3.99. The van der Waals surface area contributed by atoms with E-state index in [0.717, 1.165) is 0 Å². The molecule has 0 saturated carbocycles. The molecule has 0 radical (unpaired) electrons. The molecule has 1 aliphatic heterocycles. The molecule has 2 heterocycles. The lowest BCUT2D eigenvalue weighted by Gasteiger charge is -2.31. The largest absolute Gasteiger partial charge is 0.480 e. The molecular weight excluding hydrogens is 220 g/mol. The quantitative estimate of drug-likeness (QED) is 0.767. The fourth-order valence-corrected chi connectivity index (χ4v) is 1.89. The summed E-state index contributed by atoms with van der Waals surface area (Å²) < 4.78 is 10.5. The van der Waals surface area contributed by atoms with Crippen LogP contribution >= 0.6 is 0 Å². The molecule has 17 heavy (non-hydrogen) atoms. The molecule has 5 nitrogen and oxygen atoms in total. The Hall–Kier alpha value is -1.62. The van der Waals surface area contributed by atoms with Gasteiger partial charge in [-0.25, -0.2) is 4.98 Å². The fourth-order valence-electron chi connectivity index (χ4n) is 1.89. The minimum Gasteiger partial charge on any atom is -0.480 e. The maximum Gasteiger partial charge on any atom is 0.259 e. The first-order valence-electron chi connectivity index (χ1n) is 5.62. The Morgan fingerprint density at radius 3 is 3.18 bits per heavy atom. The maximum absolute atomic E-state index is 12.3. The number of carbonyl (C=O) groups is 1. The van der Waals surface area contributed by atoms with Crippen LogP contribution in [-0.2, 0) is 4.74 Å². The van der Waals surface area contributed by atoms with Gasteiger partial charge in [0.05, 0.1) is 19.8 Å². The average Bonchev–Trinajstić information content (AvgIpc) is 2.38. The van der Waals surface area contributed by atoms with Gasteiger partial charge in [0, 0.05) is 19.3 Å². The van der Waals surface area contributed by atoms with Gasteiger partial charge in [-0.2, -0.15) is 0 Å². The van der Waals surface area contributed by atoms with Crippen molar-refractivity contribution in [2.75, 3.05) is 26.8 Å². The zero-order valence-corrected chi connectivity index (χ0v) is 10.0. The standard InChI is InChI=1S/C12H16N2O3/c1-9-8-14(6-7-17-9)12(15)10-4-3-5-13-11(10)16-2/h3-5,9H,6-8H2,1-2H3. The summed E-state index contributed by atoms with van der Waals surface area (Å²) in [5.41, 5.74) is 0.504. The highest BCUT2D eigenvalue weighted by molar-refractivity contribution is 5.96. The van der Waals surface area contributed by atoms with Crippen LogP contribution in [0.2, 0.25) is 0 Å². The van der Waals surface area contributed by atoms with E-state index in [1.165, 1.54) is 7.11 Å². The topological polar surface area (TPSA) is 51.7 Å². The Bertz CT molecular complexity index is 408. The third-order valence-electron chi connectivity index (χ3n) is 2.72. The predicted molar refractivity (Wildman–Crippen MR) is 62.1 cm³/mol. The number of hydrogen-bond acceptors (Lipinski definition) is 4. The van der Waals surface area contributed by atoms with Crippen LogP contribution in [0, 0.1) is 0 Å². The van der Waals surface area contributed by atoms with Gasteiger partial charge in [-0.15, -0.1) is 0 Å². The van der Waals surface area contributed by atoms with E-state index in [2.05, 4.69) is 4.98 Å². The van der Waals surface area contributed by atoms with E-state index >= 15 is 0 Å². The van der Waals surface area contributed by atoms with Crippen LogP contribution in [0.1, 0.15) is 17.3 Å². The summed E-state index contributed by atoms with van der Waals surface area (Å²) in [7, 11) is 1.51. The molecular formula is C12H16N2O3. The molecule has 1 saturated heterocycles. The summed E-state index contributed by atoms with van der Waals surface area (Å²) >= 11 is 0. The van der Waals surface area contributed by atoms with Crippen molar-refractivity contribution in [2.45, 2.75) is 13.0 Å². The molecule has 1 fully saturated rings. The number of morpholine rings is 1. The van der Waals surface area contributed by atoms with E-state index in [1.54, 1.807) is 23.2 Å². The number of amides is 1. The third kappa shape index (κ3) is 2.55. The van der Waals surface area contributed by atoms with Gasteiger partial charge in [0.15, 0.2) is 0 Å². The summed E-state index contributed by atoms with van der Waals surface area (Å²) in [6, 6.07) is 3.47. The number of ether oxygens (including phenoxy) is 2. The van der Waals surface area contributed by atoms with Crippen molar-refractivity contribution >= 4 is 5.91 Å². The van der Waals surface area contributed by atoms with Crippen LogP contribution in [0.4, 0.5) is 0 Å². The highest BCUT2D eigenvalue weighted by Gasteiger charge is 2.24. The number of pyridine rings is 1. The van der Waals surface area contributed by atoms with Gasteiger partial charge in [-0.3, -0.25) is 4.79 Å². The minimum atomic E-state index is -0.0508. The normalized spacial score (nSPS) is 20.1. The average molecular weight is 236 g/mol. The Balaban J connectivity index is 2.18. The van der Waals surface area contributed by atoms with E-state index in [1.807, 2.05) is 6.92 Å². The van der Waals surface area contributed by atoms with Gasteiger partial charge in [0.1, 0.15) is 5.56 Å². The smallest absolute Gasteiger partial charge is 0.259 e. The highest BCUT2D eigenvalue weighted by atomic mass is 16.5. The first-order chi connectivity index (χ1) is 8.22. The first-order valence-corrected chi connectivity index (χ1v) is 5.62. The molecule has 2 rings (SSSR count). The van der Waals surface area contributed by atoms with Gasteiger partial charge in [-0.1, -0.05) is 0 Å². The minimum absolute atomic E-state index is 0.0508. The summed E-state index contributed by atoms with van der Waals surface area (Å²) in [5.74, 6) is 0.321. The van der Waals surface area contributed by atoms with E-state index in [-0.39, 0.29) is 12.0 Å². The van der Waals surface area contributed by atoms with Gasteiger partial charge in [0.2, 0.25) is 5.88 Å². The molecule has 1 atom stereocenters. The molecule has 1 aromatic rings. The Morgan fingerprint density at radius 2 is 2.47 bits per heavy atom. The zero-order valence-electron chi connectivity index (χ0n) is 10.0. The summed E-state index contributed by atoms with van der Waals surface area (Å²) in [6.07, 6.45) is 1.69. The van der Waals surface area contributed by atoms with E-state index < -0.39 is 0 Å². The van der Waals surface area contributed by atoms with Gasteiger partial charge < -0.3 is 14.4 Å². The van der Waals surface area contributed by atoms with E-state index in [4.69, 9.17) is 9.47 Å². The predicted octanol–water partition coefficient (Wildman–Crippen LogP) is 0.951. The third-order valence-corrected chi connectivity index (χ3v) is 2.72. The van der Waals surface area contributed by atoms with Crippen molar-refractivity contribution in [3.63, 3.8) is 0 Å². The maximum atomic E-state index is 12.3. The lowest BCUT2D eigenvalue weighted by atomic mass is 10.2. The summed E-state index contributed by atoms with van der Waals surface area (Å²) in [4.78, 5) is 18.1. The molecule has 0 aliphatic carbocycles. The number of carbonyl (C=O) groups excluding carboxylic acids is 1. The number of methoxy groups -OCH3 is 1. The second-order valence-corrected chi connectivity index (χ2v) is 3.99. The Morgan fingerprint density at radius 1 is 1.65 bits per heavy atom. The molecule has 1 unspecified atom stereocenters. The molecule has 1 amide bonds. The molecule has 92 valence electrons. The summed E-state index contributed by atoms with van der Waals surface area (Å²) in [6.45, 7) is 3.76. The van der Waals surface area contributed by atoms with Crippen LogP contribution in [0.3, 0.4) is 0 Å². The van der Waals surface area contributed by atoms with Gasteiger partial charge in [0.25, 0.3) is 5.91 Å². The Labute approximate surface area is 100 Å². The molecule has 0 bridgehead atoms. The second kappa shape index (κ2) is 5.14. The molecule has 5 heteroatoms. The number of rotatable bonds is 2. The van der Waals surface area contributed by atoms with Crippen molar-refractivity contribution in [3.8, 4) is 5.88 Å². The number of nitrogens with zero attached hydrogens (tertiary/aromatic N) is 2. The lowest BCUT2D eigenvalue weighted by Crippen LogP contribution is -2.44. The molecule has 0 N–H and O–H groups in total. The van der Waals surface area contributed by atoms with Gasteiger partial charge in [-0.05, 0) is 19.1 Å². The van der Waals surface area contributed by atoms with Crippen LogP contribution in [-0.4, -0.2) is 48.7 Å². The molecule has 1 aromatic heterocycles. The number of aromatic nitrogens is 1. The van der Waals surface area contributed by atoms with Crippen molar-refractivity contribution in [1.82, 2.24) is 9.88 Å². The van der Waals surface area contributed by atoms with Crippen molar-refractivity contribution in [2.24, 2.45) is 0 Å². The summed E-state index contributed by atoms with van der Waals surface area (Å²) in [5, 5.41) is 0. The Kier molecular flexibility index (Phi) is 3.58. The van der Waals surface area contributed by atoms with Crippen molar-refractivity contribution in [3.05, 3.63) is 23.9 Å². The fraction of sp³-hybridized carbons (Fsp3) is 0.500. The van der Waals surface area contributed by atoms with E-state index in [9.17, 15) is 4.79 Å². The van der Waals surface area contributed by atoms with E-state index in [0.29, 0.717) is 31.1 Å². The van der Waals surface area contributed by atoms with Crippen molar-refractivity contribution in [1.29, 1.82) is 0 Å². The molecule has 0 aromatic carbocycles. The van der Waals surface area contributed by atoms with Crippen molar-refractivity contribution < 1.29 is 14.3 Å². The zero-order chi connectivity index (χ0) is 12.3. The number of hydrogen-bond donors (Lipinski definition) is 0. The molecule has 0 spiro atoms. The monoisotopic (exact) mass is 236 g/mol. The lowest BCUT2D eigenvalue weighted by molar-refractivity contribution is -0.0125. The SMILES string of the molecule is COc1ncccc1C(=O)N1CCOC(C)C1. The van der Waals surface area contributed by atoms with Crippen LogP contribution in [0.25, 0.3) is 0 Å². The molecule has 1 aliphatic rings. The first kappa shape index (κ1) is 11.9. The highest BCUT2D eigenvalue weighted by Crippen LogP contribution is 2.17.